The number of rotatable bonds is 12. The van der Waals surface area contributed by atoms with E-state index in [0.717, 1.165) is 5.56 Å². The van der Waals surface area contributed by atoms with E-state index in [0.29, 0.717) is 27.8 Å². The van der Waals surface area contributed by atoms with Crippen LogP contribution in [0.15, 0.2) is 73.3 Å². The second-order valence-corrected chi connectivity index (χ2v) is 10.6. The van der Waals surface area contributed by atoms with E-state index >= 15 is 0 Å². The predicted octanol–water partition coefficient (Wildman–Crippen LogP) is 4.94. The first kappa shape index (κ1) is 28.0. The van der Waals surface area contributed by atoms with Crippen LogP contribution < -0.4 is 17.1 Å². The molecule has 5 aromatic rings. The summed E-state index contributed by atoms with van der Waals surface area (Å²) >= 11 is 12.1. The van der Waals surface area contributed by atoms with Crippen molar-refractivity contribution in [3.63, 3.8) is 0 Å². The molecule has 0 amide bonds. The number of ether oxygens (including phenoxy) is 1. The van der Waals surface area contributed by atoms with Crippen LogP contribution in [0.25, 0.3) is 22.5 Å². The highest BCUT2D eigenvalue weighted by Gasteiger charge is 2.20. The summed E-state index contributed by atoms with van der Waals surface area (Å²) in [5, 5.41) is 1.12. The molecule has 0 spiro atoms. The van der Waals surface area contributed by atoms with Crippen LogP contribution in [0.2, 0.25) is 10.0 Å². The topological polar surface area (TPSA) is 161 Å². The Labute approximate surface area is 237 Å². The number of hydrogen-bond acceptors (Lipinski definition) is 10. The van der Waals surface area contributed by atoms with Crippen LogP contribution >= 0.6 is 31.6 Å². The molecule has 0 radical (unpaired) electrons. The van der Waals surface area contributed by atoms with E-state index in [9.17, 15) is 9.59 Å². The third-order valence-corrected chi connectivity index (χ3v) is 7.24. The Balaban J connectivity index is 1.24. The number of aromatic nitrogens is 4. The Morgan fingerprint density at radius 2 is 1.82 bits per heavy atom. The molecular weight excluding hydrogens is 584 g/mol. The SMILES string of the molecule is Nc1nc2c(ncn2CCOCP(OCc2cccc(Cl)c2)OCc2oc(=O)oc2-c2ccc(Cl)cc2)c(=O)[nH]1. The number of fused-ring (bicyclic) bond motifs is 1. The molecule has 40 heavy (non-hydrogen) atoms. The van der Waals surface area contributed by atoms with Crippen LogP contribution in [0, 0.1) is 0 Å². The molecule has 0 aliphatic carbocycles. The highest BCUT2D eigenvalue weighted by atomic mass is 35.5. The van der Waals surface area contributed by atoms with Crippen molar-refractivity contribution in [1.82, 2.24) is 19.5 Å². The minimum Gasteiger partial charge on any atom is -0.393 e. The molecule has 208 valence electrons. The van der Waals surface area contributed by atoms with Crippen molar-refractivity contribution >= 4 is 48.7 Å². The third-order valence-electron chi connectivity index (χ3n) is 5.52. The van der Waals surface area contributed by atoms with E-state index in [-0.39, 0.29) is 49.2 Å². The van der Waals surface area contributed by atoms with Gasteiger partial charge in [0.05, 0.1) is 19.5 Å². The lowest BCUT2D eigenvalue weighted by molar-refractivity contribution is 0.136. The van der Waals surface area contributed by atoms with Gasteiger partial charge in [0.2, 0.25) is 5.95 Å². The van der Waals surface area contributed by atoms with Crippen LogP contribution in [0.3, 0.4) is 0 Å². The normalized spacial score (nSPS) is 12.2. The molecule has 0 aliphatic rings. The number of anilines is 1. The van der Waals surface area contributed by atoms with Gasteiger partial charge in [0, 0.05) is 22.2 Å². The lowest BCUT2D eigenvalue weighted by Crippen LogP contribution is -2.13. The number of nitrogens with two attached hydrogens (primary N) is 1. The van der Waals surface area contributed by atoms with Gasteiger partial charge in [0.15, 0.2) is 31.1 Å². The summed E-state index contributed by atoms with van der Waals surface area (Å²) in [5.41, 5.74) is 7.23. The zero-order valence-corrected chi connectivity index (χ0v) is 23.1. The third kappa shape index (κ3) is 6.97. The van der Waals surface area contributed by atoms with E-state index in [2.05, 4.69) is 15.0 Å². The number of nitrogens with zero attached hydrogens (tertiary/aromatic N) is 3. The van der Waals surface area contributed by atoms with E-state index in [1.54, 1.807) is 41.0 Å². The number of benzene rings is 2. The minimum absolute atomic E-state index is 0.00429. The second kappa shape index (κ2) is 12.8. The summed E-state index contributed by atoms with van der Waals surface area (Å²) in [7, 11) is -1.61. The van der Waals surface area contributed by atoms with E-state index in [4.69, 9.17) is 51.6 Å². The van der Waals surface area contributed by atoms with Crippen LogP contribution in [0.5, 0.6) is 0 Å². The maximum Gasteiger partial charge on any atom is 0.519 e. The molecule has 1 unspecified atom stereocenters. The van der Waals surface area contributed by atoms with E-state index in [1.807, 2.05) is 12.1 Å². The van der Waals surface area contributed by atoms with Gasteiger partial charge in [-0.25, -0.2) is 9.78 Å². The molecule has 3 aromatic heterocycles. The minimum atomic E-state index is -1.61. The fourth-order valence-electron chi connectivity index (χ4n) is 3.68. The average molecular weight is 606 g/mol. The fraction of sp³-hybridized carbons (Fsp3) is 0.200. The molecule has 3 N–H and O–H groups in total. The Morgan fingerprint density at radius 1 is 1.02 bits per heavy atom. The first-order chi connectivity index (χ1) is 19.4. The number of aromatic amines is 1. The Hall–Kier alpha value is -3.51. The van der Waals surface area contributed by atoms with Crippen molar-refractivity contribution in [2.75, 3.05) is 18.7 Å². The monoisotopic (exact) mass is 605 g/mol. The van der Waals surface area contributed by atoms with Gasteiger partial charge >= 0.3 is 5.82 Å². The lowest BCUT2D eigenvalue weighted by atomic mass is 10.1. The van der Waals surface area contributed by atoms with Gasteiger partial charge in [0.1, 0.15) is 13.0 Å². The largest absolute Gasteiger partial charge is 0.519 e. The quantitative estimate of drug-likeness (QED) is 0.147. The lowest BCUT2D eigenvalue weighted by Gasteiger charge is -2.17. The summed E-state index contributed by atoms with van der Waals surface area (Å²) in [5.74, 6) is -0.425. The second-order valence-electron chi connectivity index (χ2n) is 8.32. The Kier molecular flexibility index (Phi) is 8.95. The highest BCUT2D eigenvalue weighted by Crippen LogP contribution is 2.41. The molecule has 0 bridgehead atoms. The van der Waals surface area contributed by atoms with Crippen molar-refractivity contribution < 1.29 is 22.6 Å². The van der Waals surface area contributed by atoms with Crippen molar-refractivity contribution in [2.24, 2.45) is 0 Å². The number of hydrogen-bond donors (Lipinski definition) is 2. The van der Waals surface area contributed by atoms with Crippen LogP contribution in [0.1, 0.15) is 11.3 Å². The van der Waals surface area contributed by atoms with Gasteiger partial charge in [-0.1, -0.05) is 35.3 Å². The van der Waals surface area contributed by atoms with Crippen molar-refractivity contribution in [3.05, 3.63) is 97.2 Å². The number of nitrogens with one attached hydrogen (secondary N) is 1. The molecule has 5 rings (SSSR count). The Morgan fingerprint density at radius 3 is 2.62 bits per heavy atom. The molecule has 0 saturated carbocycles. The van der Waals surface area contributed by atoms with Gasteiger partial charge < -0.3 is 32.9 Å². The van der Waals surface area contributed by atoms with Gasteiger partial charge in [-0.3, -0.25) is 9.78 Å². The number of halogens is 2. The van der Waals surface area contributed by atoms with E-state index < -0.39 is 19.8 Å². The first-order valence-corrected chi connectivity index (χ1v) is 13.9. The average Bonchev–Trinajstić information content (AvgIpc) is 3.51. The smallest absolute Gasteiger partial charge is 0.393 e. The highest BCUT2D eigenvalue weighted by molar-refractivity contribution is 7.46. The van der Waals surface area contributed by atoms with Gasteiger partial charge in [-0.2, -0.15) is 4.98 Å². The predicted molar refractivity (Wildman–Crippen MR) is 149 cm³/mol. The molecule has 3 heterocycles. The van der Waals surface area contributed by atoms with Crippen LogP contribution in [0.4, 0.5) is 5.95 Å². The van der Waals surface area contributed by atoms with Gasteiger partial charge in [-0.15, -0.1) is 0 Å². The standard InChI is InChI=1S/C25H22Cl2N5O7P/c26-17-6-4-16(5-7-17)21-19(38-25(34)39-21)12-37-40(36-11-15-2-1-3-18(27)10-15)14-35-9-8-32-13-29-20-22(32)30-24(28)31-23(20)33/h1-7,10,13H,8-9,11-12,14H2,(H3,28,30,31,33). The summed E-state index contributed by atoms with van der Waals surface area (Å²) < 4.78 is 30.0. The van der Waals surface area contributed by atoms with Crippen molar-refractivity contribution in [1.29, 1.82) is 0 Å². The zero-order valence-electron chi connectivity index (χ0n) is 20.7. The molecule has 0 saturated heterocycles. The number of nitrogen functional groups attached to an aromatic ring is 1. The molecule has 2 aromatic carbocycles. The number of H-pyrrole nitrogens is 1. The summed E-state index contributed by atoms with van der Waals surface area (Å²) in [6.07, 6.45) is 1.58. The van der Waals surface area contributed by atoms with Crippen LogP contribution in [-0.2, 0) is 33.5 Å². The molecule has 12 nitrogen and oxygen atoms in total. The summed E-state index contributed by atoms with van der Waals surface area (Å²) in [4.78, 5) is 34.5. The van der Waals surface area contributed by atoms with Crippen molar-refractivity contribution in [2.45, 2.75) is 19.8 Å². The molecule has 0 aliphatic heterocycles. The van der Waals surface area contributed by atoms with Crippen molar-refractivity contribution in [3.8, 4) is 11.3 Å². The molecular formula is C25H22Cl2N5O7P. The number of imidazole rings is 1. The van der Waals surface area contributed by atoms with Gasteiger partial charge in [0.25, 0.3) is 5.56 Å². The van der Waals surface area contributed by atoms with E-state index in [1.165, 1.54) is 6.33 Å². The fourth-order valence-corrected chi connectivity index (χ4v) is 5.07. The van der Waals surface area contributed by atoms with Crippen LogP contribution in [-0.4, -0.2) is 32.5 Å². The molecule has 0 fully saturated rings. The summed E-state index contributed by atoms with van der Waals surface area (Å²) in [6, 6.07) is 14.0. The van der Waals surface area contributed by atoms with Gasteiger partial charge in [-0.05, 0) is 42.0 Å². The maximum absolute atomic E-state index is 12.0. The molecule has 15 heteroatoms. The Bertz CT molecular complexity index is 1720. The molecule has 1 atom stereocenters. The zero-order chi connectivity index (χ0) is 28.1. The maximum atomic E-state index is 12.0. The first-order valence-electron chi connectivity index (χ1n) is 11.8. The summed E-state index contributed by atoms with van der Waals surface area (Å²) in [6.45, 7) is 0.695.